The van der Waals surface area contributed by atoms with E-state index in [1.165, 1.54) is 6.92 Å². The van der Waals surface area contributed by atoms with E-state index in [0.29, 0.717) is 13.0 Å². The normalized spacial score (nSPS) is 55.4. The molecule has 6 fully saturated rings. The van der Waals surface area contributed by atoms with Crippen LogP contribution in [0.3, 0.4) is 0 Å². The van der Waals surface area contributed by atoms with Crippen LogP contribution in [-0.4, -0.2) is 113 Å². The van der Waals surface area contributed by atoms with E-state index in [1.807, 2.05) is 7.11 Å². The zero-order valence-electron chi connectivity index (χ0n) is 23.4. The molecule has 1 unspecified atom stereocenters. The van der Waals surface area contributed by atoms with Crippen LogP contribution in [0.5, 0.6) is 0 Å². The Morgan fingerprint density at radius 3 is 2.43 bits per heavy atom. The lowest BCUT2D eigenvalue weighted by atomic mass is 9.42. The number of carbonyl (C=O) groups excluding carboxylic acids is 1. The number of methoxy groups -OCH3 is 5. The molecule has 210 valence electrons. The van der Waals surface area contributed by atoms with Gasteiger partial charge in [-0.2, -0.15) is 0 Å². The van der Waals surface area contributed by atoms with Gasteiger partial charge in [0.1, 0.15) is 17.3 Å². The maximum Gasteiger partial charge on any atom is 0.302 e. The number of hydrogen-bond donors (Lipinski definition) is 1. The van der Waals surface area contributed by atoms with Crippen LogP contribution in [-0.2, 0) is 33.2 Å². The standard InChI is InChI=1S/C28H45NO8/c1-8-29-13-25(14-32-3)10-9-19(34-5)27-17-11-16-18(33-4)12-26(36-7,20(17)21(16)37-15(2)30)28(31,24(27)29)23(35-6)22(25)27/h16-24,31H,8-14H2,1-7H3/t16-,17-,18+,19?,20-,21+,22-,23+,24+,25+,26-,27+,28+/m1/s1. The molecule has 1 saturated heterocycles. The van der Waals surface area contributed by atoms with Crippen LogP contribution in [0.15, 0.2) is 0 Å². The smallest absolute Gasteiger partial charge is 0.302 e. The van der Waals surface area contributed by atoms with Gasteiger partial charge < -0.3 is 33.5 Å². The molecule has 37 heavy (non-hydrogen) atoms. The molecule has 1 N–H and O–H groups in total. The maximum atomic E-state index is 13.5. The number of esters is 1. The fourth-order valence-corrected chi connectivity index (χ4v) is 11.7. The molecule has 9 heteroatoms. The number of likely N-dealkylation sites (N-methyl/N-ethyl adjacent to an activating group) is 1. The summed E-state index contributed by atoms with van der Waals surface area (Å²) in [6.07, 6.45) is 2.07. The fourth-order valence-electron chi connectivity index (χ4n) is 11.7. The van der Waals surface area contributed by atoms with E-state index in [1.54, 1.807) is 28.4 Å². The van der Waals surface area contributed by atoms with Crippen molar-refractivity contribution in [3.8, 4) is 0 Å². The zero-order chi connectivity index (χ0) is 26.5. The number of likely N-dealkylation sites (tertiary alicyclic amines) is 1. The van der Waals surface area contributed by atoms with Gasteiger partial charge in [-0.3, -0.25) is 9.69 Å². The minimum absolute atomic E-state index is 0.0156. The van der Waals surface area contributed by atoms with E-state index in [2.05, 4.69) is 11.8 Å². The molecule has 5 aliphatic carbocycles. The van der Waals surface area contributed by atoms with Crippen molar-refractivity contribution >= 4 is 5.97 Å². The Morgan fingerprint density at radius 1 is 1.11 bits per heavy atom. The van der Waals surface area contributed by atoms with Crippen molar-refractivity contribution in [2.24, 2.45) is 34.5 Å². The second kappa shape index (κ2) is 8.59. The fraction of sp³-hybridized carbons (Fsp3) is 0.964. The number of ether oxygens (including phenoxy) is 6. The number of piperidine rings is 1. The summed E-state index contributed by atoms with van der Waals surface area (Å²) in [6.45, 7) is 5.89. The van der Waals surface area contributed by atoms with E-state index >= 15 is 0 Å². The predicted molar refractivity (Wildman–Crippen MR) is 133 cm³/mol. The highest BCUT2D eigenvalue weighted by Gasteiger charge is 2.92. The molecule has 5 saturated carbocycles. The van der Waals surface area contributed by atoms with Crippen molar-refractivity contribution in [3.05, 3.63) is 0 Å². The van der Waals surface area contributed by atoms with Crippen LogP contribution in [0.25, 0.3) is 0 Å². The minimum Gasteiger partial charge on any atom is -0.462 e. The molecule has 0 aromatic carbocycles. The first-order chi connectivity index (χ1) is 17.7. The molecular formula is C28H45NO8. The van der Waals surface area contributed by atoms with Gasteiger partial charge in [0.2, 0.25) is 0 Å². The third-order valence-electron chi connectivity index (χ3n) is 12.1. The Balaban J connectivity index is 1.68. The number of hydrogen-bond acceptors (Lipinski definition) is 9. The number of carbonyl (C=O) groups is 1. The van der Waals surface area contributed by atoms with Gasteiger partial charge in [-0.05, 0) is 31.7 Å². The second-order valence-corrected chi connectivity index (χ2v) is 12.7. The zero-order valence-corrected chi connectivity index (χ0v) is 23.4. The van der Waals surface area contributed by atoms with Crippen molar-refractivity contribution in [1.82, 2.24) is 4.90 Å². The SMILES string of the molecule is CCN1C[C@]2(COC)CCC(OC)[C@@]34[C@@H]5C[C@H]6[C@H](OC(C)=O)[C@@H]5[C@](OC)(C[C@@H]6OC)[C@](O)([C@@H](OC)[C@H]23)[C@@H]14. The number of aliphatic hydroxyl groups is 1. The molecule has 0 aromatic heterocycles. The Labute approximate surface area is 220 Å². The molecule has 6 rings (SSSR count). The second-order valence-electron chi connectivity index (χ2n) is 12.7. The molecule has 0 aromatic rings. The van der Waals surface area contributed by atoms with Crippen molar-refractivity contribution in [1.29, 1.82) is 0 Å². The Bertz CT molecular complexity index is 934. The predicted octanol–water partition coefficient (Wildman–Crippen LogP) is 1.50. The molecule has 6 aliphatic rings. The van der Waals surface area contributed by atoms with Crippen LogP contribution >= 0.6 is 0 Å². The lowest BCUT2D eigenvalue weighted by Crippen LogP contribution is -2.82. The quantitative estimate of drug-likeness (QED) is 0.475. The van der Waals surface area contributed by atoms with Crippen molar-refractivity contribution in [3.63, 3.8) is 0 Å². The highest BCUT2D eigenvalue weighted by molar-refractivity contribution is 5.66. The molecule has 9 nitrogen and oxygen atoms in total. The summed E-state index contributed by atoms with van der Waals surface area (Å²) in [7, 11) is 8.75. The van der Waals surface area contributed by atoms with E-state index in [-0.39, 0.29) is 53.3 Å². The molecule has 0 radical (unpaired) electrons. The van der Waals surface area contributed by atoms with Gasteiger partial charge in [0, 0.05) is 84.0 Å². The molecule has 7 bridgehead atoms. The number of fused-ring (bicyclic) bond motifs is 2. The van der Waals surface area contributed by atoms with E-state index in [9.17, 15) is 9.90 Å². The van der Waals surface area contributed by atoms with Gasteiger partial charge in [0.05, 0.1) is 31.0 Å². The maximum absolute atomic E-state index is 13.5. The van der Waals surface area contributed by atoms with Gasteiger partial charge in [0.25, 0.3) is 0 Å². The first-order valence-corrected chi connectivity index (χ1v) is 14.0. The highest BCUT2D eigenvalue weighted by Crippen LogP contribution is 2.81. The van der Waals surface area contributed by atoms with Crippen LogP contribution < -0.4 is 0 Å². The number of rotatable bonds is 8. The number of nitrogens with zero attached hydrogens (tertiary/aromatic N) is 1. The van der Waals surface area contributed by atoms with Gasteiger partial charge in [-0.25, -0.2) is 0 Å². The third-order valence-corrected chi connectivity index (χ3v) is 12.1. The van der Waals surface area contributed by atoms with Gasteiger partial charge in [0.15, 0.2) is 0 Å². The summed E-state index contributed by atoms with van der Waals surface area (Å²) < 4.78 is 37.6. The van der Waals surface area contributed by atoms with E-state index in [4.69, 9.17) is 28.4 Å². The van der Waals surface area contributed by atoms with Crippen LogP contribution in [0, 0.1) is 34.5 Å². The molecule has 13 atom stereocenters. The van der Waals surface area contributed by atoms with Crippen LogP contribution in [0.2, 0.25) is 0 Å². The first-order valence-electron chi connectivity index (χ1n) is 14.0. The Morgan fingerprint density at radius 2 is 1.86 bits per heavy atom. The van der Waals surface area contributed by atoms with Gasteiger partial charge in [-0.15, -0.1) is 0 Å². The average molecular weight is 524 g/mol. The largest absolute Gasteiger partial charge is 0.462 e. The summed E-state index contributed by atoms with van der Waals surface area (Å²) in [5.41, 5.74) is -2.96. The topological polar surface area (TPSA) is 95.9 Å². The molecule has 1 aliphatic heterocycles. The molecule has 1 heterocycles. The van der Waals surface area contributed by atoms with Gasteiger partial charge in [-0.1, -0.05) is 6.92 Å². The van der Waals surface area contributed by atoms with E-state index < -0.39 is 28.8 Å². The van der Waals surface area contributed by atoms with Crippen molar-refractivity contribution in [2.75, 3.05) is 55.2 Å². The summed E-state index contributed by atoms with van der Waals surface area (Å²) in [5, 5.41) is 13.5. The summed E-state index contributed by atoms with van der Waals surface area (Å²) >= 11 is 0. The van der Waals surface area contributed by atoms with E-state index in [0.717, 1.165) is 32.4 Å². The summed E-state index contributed by atoms with van der Waals surface area (Å²) in [4.78, 5) is 14.9. The summed E-state index contributed by atoms with van der Waals surface area (Å²) in [6, 6.07) is -0.219. The average Bonchev–Trinajstić information content (AvgIpc) is 3.24. The molecule has 0 amide bonds. The van der Waals surface area contributed by atoms with Crippen molar-refractivity contribution in [2.45, 2.75) is 81.2 Å². The lowest BCUT2D eigenvalue weighted by Gasteiger charge is -2.70. The van der Waals surface area contributed by atoms with Crippen LogP contribution in [0.4, 0.5) is 0 Å². The monoisotopic (exact) mass is 523 g/mol. The van der Waals surface area contributed by atoms with Crippen LogP contribution in [0.1, 0.15) is 39.5 Å². The van der Waals surface area contributed by atoms with Crippen molar-refractivity contribution < 1.29 is 38.3 Å². The highest BCUT2D eigenvalue weighted by atomic mass is 16.6. The third kappa shape index (κ3) is 2.73. The summed E-state index contributed by atoms with van der Waals surface area (Å²) in [5.74, 6) is -0.332. The Kier molecular flexibility index (Phi) is 6.13. The Hall–Kier alpha value is -0.810. The lowest BCUT2D eigenvalue weighted by molar-refractivity contribution is -0.326. The molecular weight excluding hydrogens is 478 g/mol. The molecule has 1 spiro atoms. The van der Waals surface area contributed by atoms with Gasteiger partial charge >= 0.3 is 5.97 Å². The first kappa shape index (κ1) is 26.4. The minimum atomic E-state index is -1.36.